The van der Waals surface area contributed by atoms with Crippen molar-refractivity contribution >= 4 is 27.5 Å². The highest BCUT2D eigenvalue weighted by molar-refractivity contribution is 6.00. The molecule has 3 aliphatic rings. The molecule has 3 aromatic heterocycles. The summed E-state index contributed by atoms with van der Waals surface area (Å²) in [4.78, 5) is 22.3. The lowest BCUT2D eigenvalue weighted by Crippen LogP contribution is -2.50. The number of hydrogen-bond acceptors (Lipinski definition) is 9. The third-order valence-corrected chi connectivity index (χ3v) is 9.90. The van der Waals surface area contributed by atoms with Crippen molar-refractivity contribution in [1.29, 1.82) is 0 Å². The van der Waals surface area contributed by atoms with Gasteiger partial charge >= 0.3 is 12.6 Å². The first-order valence-electron chi connectivity index (χ1n) is 15.6. The van der Waals surface area contributed by atoms with Crippen LogP contribution < -0.4 is 14.4 Å². The molecule has 2 aliphatic heterocycles. The number of fused-ring (bicyclic) bond motifs is 3. The highest BCUT2D eigenvalue weighted by Crippen LogP contribution is 2.47. The zero-order valence-electron chi connectivity index (χ0n) is 25.5. The third-order valence-electron chi connectivity index (χ3n) is 9.90. The van der Waals surface area contributed by atoms with E-state index in [1.54, 1.807) is 31.2 Å². The van der Waals surface area contributed by atoms with E-state index in [9.17, 15) is 13.9 Å². The molecule has 1 saturated carbocycles. The van der Waals surface area contributed by atoms with E-state index in [-0.39, 0.29) is 28.5 Å². The highest BCUT2D eigenvalue weighted by atomic mass is 19.3. The van der Waals surface area contributed by atoms with Crippen molar-refractivity contribution < 1.29 is 27.8 Å². The topological polar surface area (TPSA) is 96.7 Å². The predicted octanol–water partition coefficient (Wildman–Crippen LogP) is 5.98. The number of likely N-dealkylation sites (tertiary alicyclic amines) is 1. The monoisotopic (exact) mass is 622 g/mol. The van der Waals surface area contributed by atoms with Crippen molar-refractivity contribution in [2.75, 3.05) is 38.2 Å². The van der Waals surface area contributed by atoms with E-state index in [1.165, 1.54) is 12.4 Å². The molecule has 1 aromatic carbocycles. The molecule has 12 heteroatoms. The van der Waals surface area contributed by atoms with Gasteiger partial charge in [-0.3, -0.25) is 4.98 Å². The summed E-state index contributed by atoms with van der Waals surface area (Å²) in [6.07, 6.45) is 9.68. The number of nitrogens with zero attached hydrogens (tertiary/aromatic N) is 6. The molecule has 238 valence electrons. The van der Waals surface area contributed by atoms with E-state index >= 15 is 4.39 Å². The molecule has 0 radical (unpaired) electrons. The van der Waals surface area contributed by atoms with Crippen LogP contribution in [0.2, 0.25) is 0 Å². The molecule has 0 spiro atoms. The summed E-state index contributed by atoms with van der Waals surface area (Å²) in [5.41, 5.74) is -0.622. The number of hydrogen-bond donors (Lipinski definition) is 1. The average molecular weight is 623 g/mol. The maximum atomic E-state index is 16.7. The number of piperidine rings is 2. The molecular weight excluding hydrogens is 585 g/mol. The molecule has 2 saturated heterocycles. The predicted molar refractivity (Wildman–Crippen MR) is 164 cm³/mol. The zero-order chi connectivity index (χ0) is 31.3. The first-order valence-corrected chi connectivity index (χ1v) is 15.6. The fraction of sp³-hybridized carbons (Fsp3) is 0.515. The molecule has 4 aromatic rings. The summed E-state index contributed by atoms with van der Waals surface area (Å²) in [5, 5.41) is 12.1. The lowest BCUT2D eigenvalue weighted by molar-refractivity contribution is -0.0517. The molecule has 3 fully saturated rings. The van der Waals surface area contributed by atoms with E-state index in [0.717, 1.165) is 45.1 Å². The summed E-state index contributed by atoms with van der Waals surface area (Å²) in [5.74, 6) is -0.493. The minimum Gasteiger partial charge on any atom is -0.463 e. The van der Waals surface area contributed by atoms with E-state index < -0.39 is 18.0 Å². The number of aromatic nitrogens is 4. The summed E-state index contributed by atoms with van der Waals surface area (Å²) >= 11 is 0. The Labute approximate surface area is 259 Å². The van der Waals surface area contributed by atoms with Crippen molar-refractivity contribution in [3.05, 3.63) is 42.5 Å². The van der Waals surface area contributed by atoms with Gasteiger partial charge in [0.1, 0.15) is 17.0 Å². The van der Waals surface area contributed by atoms with Gasteiger partial charge in [-0.05, 0) is 70.5 Å². The molecule has 0 amide bonds. The van der Waals surface area contributed by atoms with Gasteiger partial charge in [0.2, 0.25) is 5.88 Å². The molecule has 0 unspecified atom stereocenters. The van der Waals surface area contributed by atoms with Crippen LogP contribution in [0, 0.1) is 11.2 Å². The van der Waals surface area contributed by atoms with Crippen LogP contribution >= 0.6 is 0 Å². The molecule has 1 N–H and O–H groups in total. The summed E-state index contributed by atoms with van der Waals surface area (Å²) < 4.78 is 53.8. The number of ether oxygens (including phenoxy) is 2. The van der Waals surface area contributed by atoms with Crippen LogP contribution in [0.1, 0.15) is 51.9 Å². The van der Waals surface area contributed by atoms with E-state index in [4.69, 9.17) is 9.72 Å². The van der Waals surface area contributed by atoms with E-state index in [1.807, 2.05) is 4.90 Å². The fourth-order valence-electron chi connectivity index (χ4n) is 7.83. The Kier molecular flexibility index (Phi) is 7.67. The minimum absolute atomic E-state index is 0.00511. The number of alkyl halides is 2. The number of pyridine rings is 2. The second kappa shape index (κ2) is 11.5. The molecule has 45 heavy (non-hydrogen) atoms. The number of aliphatic hydroxyl groups is 1. The Hall–Kier alpha value is -3.77. The average Bonchev–Trinajstić information content (AvgIpc) is 3.46. The van der Waals surface area contributed by atoms with Crippen LogP contribution in [0.25, 0.3) is 32.9 Å². The number of anilines is 1. The van der Waals surface area contributed by atoms with Crippen LogP contribution in [-0.2, 0) is 0 Å². The smallest absolute Gasteiger partial charge is 0.388 e. The SMILES string of the molecule is CN1CCC[C@@]2(COc3nc(N4CCC[C@@](C)(O)C4)c4cnc(-c5cnc(OC(F)F)c6ccccc56)c(F)c4n3)CCC[C@@H]12. The van der Waals surface area contributed by atoms with Crippen molar-refractivity contribution in [3.8, 4) is 23.1 Å². The third kappa shape index (κ3) is 5.52. The van der Waals surface area contributed by atoms with Crippen LogP contribution in [0.4, 0.5) is 19.0 Å². The van der Waals surface area contributed by atoms with Crippen LogP contribution in [0.3, 0.4) is 0 Å². The molecule has 9 nitrogen and oxygen atoms in total. The normalized spacial score (nSPS) is 25.7. The first kappa shape index (κ1) is 29.9. The molecule has 1 aliphatic carbocycles. The molecule has 0 bridgehead atoms. The van der Waals surface area contributed by atoms with Gasteiger partial charge < -0.3 is 24.4 Å². The summed E-state index contributed by atoms with van der Waals surface area (Å²) in [7, 11) is 2.17. The summed E-state index contributed by atoms with van der Waals surface area (Å²) in [6, 6.07) is 7.18. The Balaban J connectivity index is 1.33. The molecule has 7 rings (SSSR count). The van der Waals surface area contributed by atoms with E-state index in [2.05, 4.69) is 31.6 Å². The lowest BCUT2D eigenvalue weighted by Gasteiger charge is -2.44. The number of rotatable bonds is 7. The maximum Gasteiger partial charge on any atom is 0.388 e. The standard InChI is InChI=1S/C33H37F3N6O3/c1-32(43)11-6-15-42(18-32)28-23-17-37-26(22-16-38-29(45-30(35)36)21-9-4-3-8-20(21)22)25(34)27(23)39-31(40-28)44-19-33-12-5-10-24(33)41(2)14-7-13-33/h3-4,8-9,16-17,24,30,43H,5-7,10-15,18-19H2,1-2H3/t24-,32-,33-/m1/s1. The van der Waals surface area contributed by atoms with Crippen LogP contribution in [0.5, 0.6) is 11.9 Å². The fourth-order valence-corrected chi connectivity index (χ4v) is 7.83. The van der Waals surface area contributed by atoms with Crippen molar-refractivity contribution in [1.82, 2.24) is 24.8 Å². The zero-order valence-corrected chi connectivity index (χ0v) is 25.5. The van der Waals surface area contributed by atoms with Crippen LogP contribution in [0.15, 0.2) is 36.7 Å². The quantitative estimate of drug-likeness (QED) is 0.267. The van der Waals surface area contributed by atoms with Crippen molar-refractivity contribution in [2.24, 2.45) is 5.41 Å². The van der Waals surface area contributed by atoms with Gasteiger partial charge in [0.15, 0.2) is 5.82 Å². The van der Waals surface area contributed by atoms with Gasteiger partial charge in [-0.1, -0.05) is 24.6 Å². The van der Waals surface area contributed by atoms with Crippen molar-refractivity contribution in [3.63, 3.8) is 0 Å². The van der Waals surface area contributed by atoms with Gasteiger partial charge in [0, 0.05) is 47.9 Å². The Morgan fingerprint density at radius 1 is 1.00 bits per heavy atom. The van der Waals surface area contributed by atoms with Gasteiger partial charge in [-0.2, -0.15) is 18.7 Å². The highest BCUT2D eigenvalue weighted by Gasteiger charge is 2.47. The maximum absolute atomic E-state index is 16.7. The molecule has 5 heterocycles. The van der Waals surface area contributed by atoms with Gasteiger partial charge in [0.05, 0.1) is 17.6 Å². The van der Waals surface area contributed by atoms with Crippen molar-refractivity contribution in [2.45, 2.75) is 70.1 Å². The molecular formula is C33H37F3N6O3. The second-order valence-corrected chi connectivity index (χ2v) is 13.1. The van der Waals surface area contributed by atoms with E-state index in [0.29, 0.717) is 59.7 Å². The first-order chi connectivity index (χ1) is 21.6. The Morgan fingerprint density at radius 3 is 2.58 bits per heavy atom. The van der Waals surface area contributed by atoms with Crippen LogP contribution in [-0.4, -0.2) is 81.5 Å². The molecule has 3 atom stereocenters. The van der Waals surface area contributed by atoms with Gasteiger partial charge in [-0.15, -0.1) is 0 Å². The lowest BCUT2D eigenvalue weighted by atomic mass is 9.76. The van der Waals surface area contributed by atoms with Gasteiger partial charge in [-0.25, -0.2) is 9.37 Å². The number of benzene rings is 1. The minimum atomic E-state index is -3.06. The summed E-state index contributed by atoms with van der Waals surface area (Å²) in [6.45, 7) is 1.18. The Bertz CT molecular complexity index is 1740. The number of β-amino-alcohol motifs (C(OH)–C–C–N with tert-alkyl or cyclic N) is 1. The Morgan fingerprint density at radius 2 is 1.78 bits per heavy atom. The van der Waals surface area contributed by atoms with Gasteiger partial charge in [0.25, 0.3) is 0 Å². The largest absolute Gasteiger partial charge is 0.463 e. The number of halogens is 3. The second-order valence-electron chi connectivity index (χ2n) is 13.1.